The molecule has 0 amide bonds. The fourth-order valence-corrected chi connectivity index (χ4v) is 8.81. The van der Waals surface area contributed by atoms with Crippen LogP contribution in [0.3, 0.4) is 0 Å². The quantitative estimate of drug-likeness (QED) is 0.144. The van der Waals surface area contributed by atoms with Gasteiger partial charge in [0.2, 0.25) is 0 Å². The second-order valence-corrected chi connectivity index (χ2v) is 17.0. The van der Waals surface area contributed by atoms with Gasteiger partial charge >= 0.3 is 0 Å². The Morgan fingerprint density at radius 3 is 1.44 bits per heavy atom. The zero-order valence-corrected chi connectivity index (χ0v) is 35.3. The lowest BCUT2D eigenvalue weighted by Crippen LogP contribution is -2.17. The molecule has 0 atom stereocenters. The van der Waals surface area contributed by atoms with Crippen LogP contribution in [0.15, 0.2) is 176 Å². The topological polar surface area (TPSA) is 6.48 Å². The third-order valence-electron chi connectivity index (χ3n) is 12.5. The predicted octanol–water partition coefficient (Wildman–Crippen LogP) is 15.7. The Kier molecular flexibility index (Phi) is 9.81. The molecule has 0 aliphatic heterocycles. The summed E-state index contributed by atoms with van der Waals surface area (Å²) in [5.41, 5.74) is 23.7. The summed E-state index contributed by atoms with van der Waals surface area (Å²) < 4.78 is 0. The first-order valence-corrected chi connectivity index (χ1v) is 20.9. The van der Waals surface area contributed by atoms with Crippen LogP contribution in [-0.2, 0) is 11.8 Å². The van der Waals surface area contributed by atoms with Crippen LogP contribution in [0.5, 0.6) is 0 Å². The van der Waals surface area contributed by atoms with E-state index in [2.05, 4.69) is 234 Å². The fraction of sp³-hybridized carbons (Fsp3) is 0.158. The lowest BCUT2D eigenvalue weighted by atomic mass is 9.81. The van der Waals surface area contributed by atoms with E-state index < -0.39 is 0 Å². The van der Waals surface area contributed by atoms with Gasteiger partial charge in [-0.15, -0.1) is 0 Å². The van der Waals surface area contributed by atoms with Gasteiger partial charge in [0.25, 0.3) is 0 Å². The molecule has 0 saturated carbocycles. The zero-order chi connectivity index (χ0) is 40.8. The monoisotopic (exact) mass is 764 g/mol. The van der Waals surface area contributed by atoms with Crippen molar-refractivity contribution in [1.29, 1.82) is 0 Å². The molecular weight excluding hydrogens is 713 g/mol. The molecule has 2 nitrogen and oxygen atoms in total. The molecule has 9 rings (SSSR count). The highest BCUT2D eigenvalue weighted by Gasteiger charge is 2.36. The van der Waals surface area contributed by atoms with E-state index in [0.29, 0.717) is 0 Å². The summed E-state index contributed by atoms with van der Waals surface area (Å²) in [5.74, 6) is 0. The second-order valence-electron chi connectivity index (χ2n) is 17.0. The molecule has 0 fully saturated rings. The molecule has 0 spiro atoms. The molecule has 0 aromatic heterocycles. The van der Waals surface area contributed by atoms with Crippen molar-refractivity contribution in [1.82, 2.24) is 0 Å². The number of benzene rings is 8. The van der Waals surface area contributed by atoms with Gasteiger partial charge < -0.3 is 9.80 Å². The Bertz CT molecular complexity index is 2750. The molecule has 8 aromatic carbocycles. The first-order chi connectivity index (χ1) is 28.5. The van der Waals surface area contributed by atoms with E-state index >= 15 is 0 Å². The number of aryl methyl sites for hydroxylation is 5. The van der Waals surface area contributed by atoms with Gasteiger partial charge in [-0.05, 0) is 175 Å². The molecule has 1 aliphatic carbocycles. The second kappa shape index (κ2) is 15.3. The van der Waals surface area contributed by atoms with Crippen molar-refractivity contribution < 1.29 is 0 Å². The largest absolute Gasteiger partial charge is 0.310 e. The number of nitrogens with zero attached hydrogens (tertiary/aromatic N) is 2. The Labute approximate surface area is 351 Å². The molecule has 59 heavy (non-hydrogen) atoms. The van der Waals surface area contributed by atoms with Crippen LogP contribution in [0.2, 0.25) is 0 Å². The summed E-state index contributed by atoms with van der Waals surface area (Å²) in [7, 11) is 0. The molecule has 0 heterocycles. The maximum Gasteiger partial charge on any atom is 0.0465 e. The molecule has 290 valence electrons. The standard InChI is InChI=1S/C57H52N2/c1-38-13-22-47(23-14-38)58(48-24-15-39(2)16-25-48)52-30-32-54-53-31-19-43(35-55(53)57(6,7)56(54)37-52)34-46-36-51(27-18-41(46)4)59(50-26-17-40(3)42(5)33-50)49-28-20-45(21-29-49)44-11-9-8-10-12-44/h8-33,35-37H,34H2,1-7H3. The highest BCUT2D eigenvalue weighted by Crippen LogP contribution is 2.51. The lowest BCUT2D eigenvalue weighted by molar-refractivity contribution is 0.659. The molecule has 0 bridgehead atoms. The first kappa shape index (κ1) is 37.9. The minimum absolute atomic E-state index is 0.161. The van der Waals surface area contributed by atoms with E-state index in [1.165, 1.54) is 78.0 Å². The van der Waals surface area contributed by atoms with Crippen LogP contribution in [-0.4, -0.2) is 0 Å². The summed E-state index contributed by atoms with van der Waals surface area (Å²) in [6.07, 6.45) is 0.854. The predicted molar refractivity (Wildman–Crippen MR) is 252 cm³/mol. The van der Waals surface area contributed by atoms with Crippen molar-refractivity contribution >= 4 is 34.1 Å². The minimum Gasteiger partial charge on any atom is -0.310 e. The SMILES string of the molecule is Cc1ccc(N(c2ccc(C)cc2)c2ccc3c(c2)C(C)(C)c2cc(Cc4cc(N(c5ccc(-c6ccccc6)cc5)c5ccc(C)c(C)c5)ccc4C)ccc2-3)cc1. The van der Waals surface area contributed by atoms with E-state index in [-0.39, 0.29) is 5.41 Å². The zero-order valence-electron chi connectivity index (χ0n) is 35.3. The van der Waals surface area contributed by atoms with E-state index in [4.69, 9.17) is 0 Å². The van der Waals surface area contributed by atoms with Crippen LogP contribution in [0, 0.1) is 34.6 Å². The van der Waals surface area contributed by atoms with Crippen molar-refractivity contribution in [2.75, 3.05) is 9.80 Å². The minimum atomic E-state index is -0.161. The van der Waals surface area contributed by atoms with Crippen LogP contribution in [0.4, 0.5) is 34.1 Å². The molecule has 0 radical (unpaired) electrons. The van der Waals surface area contributed by atoms with Crippen LogP contribution >= 0.6 is 0 Å². The Morgan fingerprint density at radius 2 is 0.831 bits per heavy atom. The molecule has 1 aliphatic rings. The molecule has 8 aromatic rings. The van der Waals surface area contributed by atoms with Crippen molar-refractivity contribution in [2.24, 2.45) is 0 Å². The average molecular weight is 765 g/mol. The molecule has 0 unspecified atom stereocenters. The van der Waals surface area contributed by atoms with Crippen LogP contribution in [0.1, 0.15) is 63.9 Å². The van der Waals surface area contributed by atoms with Crippen LogP contribution in [0.25, 0.3) is 22.3 Å². The summed E-state index contributed by atoms with van der Waals surface area (Å²) in [4.78, 5) is 4.79. The smallest absolute Gasteiger partial charge is 0.0465 e. The van der Waals surface area contributed by atoms with E-state index in [1.807, 2.05) is 0 Å². The Balaban J connectivity index is 1.05. The van der Waals surface area contributed by atoms with E-state index in [9.17, 15) is 0 Å². The fourth-order valence-electron chi connectivity index (χ4n) is 8.81. The average Bonchev–Trinajstić information content (AvgIpc) is 3.47. The van der Waals surface area contributed by atoms with Gasteiger partial charge in [0, 0.05) is 39.5 Å². The Hall–Kier alpha value is -6.64. The van der Waals surface area contributed by atoms with Crippen LogP contribution < -0.4 is 9.80 Å². The molecule has 0 N–H and O–H groups in total. The molecular formula is C57H52N2. The van der Waals surface area contributed by atoms with Gasteiger partial charge in [0.05, 0.1) is 0 Å². The van der Waals surface area contributed by atoms with Crippen molar-refractivity contribution in [3.05, 3.63) is 226 Å². The molecule has 0 saturated heterocycles. The number of fused-ring (bicyclic) bond motifs is 3. The van der Waals surface area contributed by atoms with E-state index in [1.54, 1.807) is 0 Å². The van der Waals surface area contributed by atoms with E-state index in [0.717, 1.165) is 34.9 Å². The van der Waals surface area contributed by atoms with Crippen molar-refractivity contribution in [2.45, 2.75) is 60.3 Å². The highest BCUT2D eigenvalue weighted by molar-refractivity contribution is 5.86. The maximum absolute atomic E-state index is 2.47. The van der Waals surface area contributed by atoms with Gasteiger partial charge in [-0.3, -0.25) is 0 Å². The maximum atomic E-state index is 2.47. The van der Waals surface area contributed by atoms with Gasteiger partial charge in [-0.1, -0.05) is 128 Å². The lowest BCUT2D eigenvalue weighted by Gasteiger charge is -2.28. The van der Waals surface area contributed by atoms with Gasteiger partial charge in [-0.2, -0.15) is 0 Å². The van der Waals surface area contributed by atoms with Gasteiger partial charge in [0.15, 0.2) is 0 Å². The number of hydrogen-bond donors (Lipinski definition) is 0. The third-order valence-corrected chi connectivity index (χ3v) is 12.5. The number of hydrogen-bond acceptors (Lipinski definition) is 2. The summed E-state index contributed by atoms with van der Waals surface area (Å²) in [6, 6.07) is 65.3. The highest BCUT2D eigenvalue weighted by atomic mass is 15.1. The summed E-state index contributed by atoms with van der Waals surface area (Å²) in [5, 5.41) is 0. The number of anilines is 6. The Morgan fingerprint density at radius 1 is 0.373 bits per heavy atom. The first-order valence-electron chi connectivity index (χ1n) is 20.9. The number of rotatable bonds is 9. The van der Waals surface area contributed by atoms with Gasteiger partial charge in [-0.25, -0.2) is 0 Å². The summed E-state index contributed by atoms with van der Waals surface area (Å²) in [6.45, 7) is 15.7. The normalized spacial score (nSPS) is 12.5. The molecule has 2 heteroatoms. The third kappa shape index (κ3) is 7.25. The van der Waals surface area contributed by atoms with Crippen molar-refractivity contribution in [3.8, 4) is 22.3 Å². The van der Waals surface area contributed by atoms with Gasteiger partial charge in [0.1, 0.15) is 0 Å². The van der Waals surface area contributed by atoms with Crippen molar-refractivity contribution in [3.63, 3.8) is 0 Å². The summed E-state index contributed by atoms with van der Waals surface area (Å²) >= 11 is 0.